The summed E-state index contributed by atoms with van der Waals surface area (Å²) in [6.45, 7) is 4.75. The fraction of sp³-hybridized carbons (Fsp3) is 0.238. The number of furan rings is 1. The fourth-order valence-corrected chi connectivity index (χ4v) is 4.52. The lowest BCUT2D eigenvalue weighted by molar-refractivity contribution is 0.286. The molecule has 30 heavy (non-hydrogen) atoms. The summed E-state index contributed by atoms with van der Waals surface area (Å²) in [6, 6.07) is 11.9. The van der Waals surface area contributed by atoms with Crippen molar-refractivity contribution in [3.63, 3.8) is 0 Å². The Morgan fingerprint density at radius 3 is 2.67 bits per heavy atom. The van der Waals surface area contributed by atoms with E-state index in [9.17, 15) is 0 Å². The van der Waals surface area contributed by atoms with Gasteiger partial charge in [0, 0.05) is 23.1 Å². The molecule has 1 saturated heterocycles. The van der Waals surface area contributed by atoms with Gasteiger partial charge in [-0.3, -0.25) is 9.66 Å². The van der Waals surface area contributed by atoms with Crippen molar-refractivity contribution >= 4 is 17.3 Å². The van der Waals surface area contributed by atoms with Crippen LogP contribution in [0.3, 0.4) is 0 Å². The van der Waals surface area contributed by atoms with Crippen LogP contribution in [-0.2, 0) is 6.54 Å². The van der Waals surface area contributed by atoms with Crippen LogP contribution < -0.4 is 5.32 Å². The molecule has 5 heterocycles. The quantitative estimate of drug-likeness (QED) is 0.498. The Morgan fingerprint density at radius 1 is 1.13 bits per heavy atom. The van der Waals surface area contributed by atoms with E-state index in [-0.39, 0.29) is 12.1 Å². The van der Waals surface area contributed by atoms with Gasteiger partial charge < -0.3 is 14.6 Å². The molecule has 4 aromatic rings. The molecule has 0 aliphatic carbocycles. The van der Waals surface area contributed by atoms with E-state index in [0.29, 0.717) is 11.7 Å². The van der Waals surface area contributed by atoms with Crippen LogP contribution in [0.2, 0.25) is 0 Å². The number of aromatic nitrogens is 5. The second kappa shape index (κ2) is 7.42. The van der Waals surface area contributed by atoms with Gasteiger partial charge in [-0.25, -0.2) is 4.68 Å². The van der Waals surface area contributed by atoms with E-state index in [1.807, 2.05) is 41.2 Å². The monoisotopic (exact) mass is 419 g/mol. The molecular formula is C21H21N7OS. The molecule has 0 amide bonds. The van der Waals surface area contributed by atoms with Crippen molar-refractivity contribution in [3.05, 3.63) is 89.9 Å². The second-order valence-corrected chi connectivity index (χ2v) is 7.70. The number of nitrogens with one attached hydrogen (secondary N) is 1. The Balaban J connectivity index is 1.62. The van der Waals surface area contributed by atoms with Crippen LogP contribution in [0.4, 0.5) is 0 Å². The second-order valence-electron chi connectivity index (χ2n) is 7.31. The van der Waals surface area contributed by atoms with Crippen LogP contribution in [0.1, 0.15) is 40.5 Å². The molecule has 1 fully saturated rings. The predicted molar refractivity (Wildman–Crippen MR) is 114 cm³/mol. The molecule has 0 bridgehead atoms. The molecule has 2 atom stereocenters. The molecule has 8 nitrogen and oxygen atoms in total. The Kier molecular flexibility index (Phi) is 4.59. The number of thiocarbonyl (C=S) groups is 1. The Labute approximate surface area is 179 Å². The zero-order valence-corrected chi connectivity index (χ0v) is 17.5. The molecule has 152 valence electrons. The topological polar surface area (TPSA) is 76.9 Å². The van der Waals surface area contributed by atoms with E-state index >= 15 is 0 Å². The molecule has 1 aliphatic rings. The molecule has 2 unspecified atom stereocenters. The summed E-state index contributed by atoms with van der Waals surface area (Å²) < 4.78 is 9.59. The van der Waals surface area contributed by atoms with E-state index in [2.05, 4.69) is 50.0 Å². The first-order chi connectivity index (χ1) is 14.6. The zero-order chi connectivity index (χ0) is 20.7. The summed E-state index contributed by atoms with van der Waals surface area (Å²) in [4.78, 5) is 6.78. The maximum absolute atomic E-state index is 5.74. The van der Waals surface area contributed by atoms with Gasteiger partial charge in [-0.15, -0.1) is 10.2 Å². The van der Waals surface area contributed by atoms with Gasteiger partial charge in [0.05, 0.1) is 30.6 Å². The molecular weight excluding hydrogens is 398 g/mol. The average molecular weight is 420 g/mol. The zero-order valence-electron chi connectivity index (χ0n) is 16.6. The smallest absolute Gasteiger partial charge is 0.170 e. The van der Waals surface area contributed by atoms with Crippen molar-refractivity contribution in [1.82, 2.24) is 34.8 Å². The minimum Gasteiger partial charge on any atom is -0.467 e. The Hall–Kier alpha value is -3.46. The van der Waals surface area contributed by atoms with E-state index in [4.69, 9.17) is 16.6 Å². The number of nitrogens with zero attached hydrogens (tertiary/aromatic N) is 6. The van der Waals surface area contributed by atoms with Gasteiger partial charge in [0.15, 0.2) is 5.11 Å². The molecule has 4 aromatic heterocycles. The summed E-state index contributed by atoms with van der Waals surface area (Å²) in [5.74, 6) is 0.860. The molecule has 1 aliphatic heterocycles. The number of hydrogen-bond acceptors (Lipinski definition) is 5. The summed E-state index contributed by atoms with van der Waals surface area (Å²) in [6.07, 6.45) is 6.88. The third-order valence-electron chi connectivity index (χ3n) is 5.49. The lowest BCUT2D eigenvalue weighted by atomic mass is 9.96. The number of aryl methyl sites for hydroxylation is 1. The summed E-state index contributed by atoms with van der Waals surface area (Å²) in [5.41, 5.74) is 4.28. The normalized spacial score (nSPS) is 18.7. The standard InChI is InChI=1S/C21H21N7OS/c1-14-10-17(15(2)28(14)26-12-23-24-13-26)20-19(18-7-3-4-8-22-18)25-21(30)27(20)11-16-6-5-9-29-16/h3-10,12-13,19-20H,11H2,1-2H3,(H,25,30). The summed E-state index contributed by atoms with van der Waals surface area (Å²) >= 11 is 5.74. The van der Waals surface area contributed by atoms with E-state index in [1.54, 1.807) is 18.9 Å². The highest BCUT2D eigenvalue weighted by Crippen LogP contribution is 2.41. The van der Waals surface area contributed by atoms with Gasteiger partial charge in [-0.05, 0) is 56.4 Å². The molecule has 0 radical (unpaired) electrons. The third-order valence-corrected chi connectivity index (χ3v) is 5.85. The highest BCUT2D eigenvalue weighted by molar-refractivity contribution is 7.80. The van der Waals surface area contributed by atoms with Crippen LogP contribution in [-0.4, -0.2) is 34.5 Å². The van der Waals surface area contributed by atoms with Crippen molar-refractivity contribution in [2.45, 2.75) is 32.5 Å². The number of hydrogen-bond donors (Lipinski definition) is 1. The molecule has 5 rings (SSSR count). The van der Waals surface area contributed by atoms with Gasteiger partial charge in [0.1, 0.15) is 18.4 Å². The van der Waals surface area contributed by atoms with Gasteiger partial charge >= 0.3 is 0 Å². The van der Waals surface area contributed by atoms with Gasteiger partial charge in [-0.2, -0.15) is 0 Å². The lowest BCUT2D eigenvalue weighted by Gasteiger charge is -2.27. The number of pyridine rings is 1. The van der Waals surface area contributed by atoms with Gasteiger partial charge in [0.2, 0.25) is 0 Å². The van der Waals surface area contributed by atoms with Crippen molar-refractivity contribution in [2.24, 2.45) is 0 Å². The first kappa shape index (κ1) is 18.6. The van der Waals surface area contributed by atoms with Crippen LogP contribution in [0.5, 0.6) is 0 Å². The summed E-state index contributed by atoms with van der Waals surface area (Å²) in [5, 5.41) is 12.1. The SMILES string of the molecule is Cc1cc(C2C(c3ccccn3)NC(=S)N2Cc2ccco2)c(C)n1-n1cnnc1. The molecule has 1 N–H and O–H groups in total. The van der Waals surface area contributed by atoms with Crippen LogP contribution in [0.25, 0.3) is 0 Å². The van der Waals surface area contributed by atoms with E-state index < -0.39 is 0 Å². The largest absolute Gasteiger partial charge is 0.467 e. The van der Waals surface area contributed by atoms with Crippen LogP contribution in [0.15, 0.2) is 65.9 Å². The Morgan fingerprint density at radius 2 is 1.97 bits per heavy atom. The lowest BCUT2D eigenvalue weighted by Crippen LogP contribution is -2.29. The predicted octanol–water partition coefficient (Wildman–Crippen LogP) is 3.17. The highest BCUT2D eigenvalue weighted by atomic mass is 32.1. The van der Waals surface area contributed by atoms with Gasteiger partial charge in [-0.1, -0.05) is 6.07 Å². The van der Waals surface area contributed by atoms with E-state index in [0.717, 1.165) is 28.4 Å². The van der Waals surface area contributed by atoms with Crippen molar-refractivity contribution in [2.75, 3.05) is 0 Å². The summed E-state index contributed by atoms with van der Waals surface area (Å²) in [7, 11) is 0. The first-order valence-electron chi connectivity index (χ1n) is 9.68. The maximum Gasteiger partial charge on any atom is 0.170 e. The molecule has 9 heteroatoms. The van der Waals surface area contributed by atoms with Crippen molar-refractivity contribution < 1.29 is 4.42 Å². The van der Waals surface area contributed by atoms with E-state index in [1.165, 1.54) is 0 Å². The van der Waals surface area contributed by atoms with Crippen molar-refractivity contribution in [3.8, 4) is 0 Å². The highest BCUT2D eigenvalue weighted by Gasteiger charge is 2.41. The fourth-order valence-electron chi connectivity index (χ4n) is 4.22. The third kappa shape index (κ3) is 3.07. The minimum absolute atomic E-state index is 0.0473. The van der Waals surface area contributed by atoms with Crippen molar-refractivity contribution in [1.29, 1.82) is 0 Å². The van der Waals surface area contributed by atoms with Gasteiger partial charge in [0.25, 0.3) is 0 Å². The molecule has 0 spiro atoms. The number of rotatable bonds is 5. The maximum atomic E-state index is 5.74. The molecule has 0 saturated carbocycles. The van der Waals surface area contributed by atoms with Crippen LogP contribution in [0, 0.1) is 13.8 Å². The minimum atomic E-state index is -0.0801. The average Bonchev–Trinajstić information content (AvgIpc) is 3.53. The first-order valence-corrected chi connectivity index (χ1v) is 10.1. The van der Waals surface area contributed by atoms with Crippen LogP contribution >= 0.6 is 12.2 Å². The Bertz CT molecular complexity index is 1150. The molecule has 0 aromatic carbocycles.